The van der Waals surface area contributed by atoms with Gasteiger partial charge in [-0.25, -0.2) is 17.8 Å². The van der Waals surface area contributed by atoms with Crippen LogP contribution in [0.4, 0.5) is 4.39 Å². The van der Waals surface area contributed by atoms with Gasteiger partial charge in [-0.2, -0.15) is 4.31 Å². The maximum atomic E-state index is 13.4. The van der Waals surface area contributed by atoms with Crippen molar-refractivity contribution in [3.63, 3.8) is 0 Å². The summed E-state index contributed by atoms with van der Waals surface area (Å²) in [6, 6.07) is 13.6. The number of sulfonamides is 1. The van der Waals surface area contributed by atoms with Crippen molar-refractivity contribution in [3.05, 3.63) is 83.0 Å². The van der Waals surface area contributed by atoms with Crippen LogP contribution in [0.1, 0.15) is 17.0 Å². The lowest BCUT2D eigenvalue weighted by atomic mass is 9.94. The highest BCUT2D eigenvalue weighted by Crippen LogP contribution is 2.31. The molecular formula is C21H22ClFN4O2S. The average molecular weight is 449 g/mol. The minimum absolute atomic E-state index is 0.0289. The van der Waals surface area contributed by atoms with Gasteiger partial charge in [0.15, 0.2) is 5.03 Å². The van der Waals surface area contributed by atoms with Crippen LogP contribution in [0, 0.1) is 5.82 Å². The van der Waals surface area contributed by atoms with Crippen LogP contribution in [0.15, 0.2) is 66.1 Å². The second kappa shape index (κ2) is 8.47. The summed E-state index contributed by atoms with van der Waals surface area (Å²) in [6.45, 7) is 1.16. The molecule has 0 unspecified atom stereocenters. The number of rotatable bonds is 6. The maximum absolute atomic E-state index is 13.4. The van der Waals surface area contributed by atoms with Crippen LogP contribution in [0.5, 0.6) is 0 Å². The van der Waals surface area contributed by atoms with Gasteiger partial charge in [0.05, 0.1) is 6.33 Å². The first-order valence-corrected chi connectivity index (χ1v) is 11.4. The van der Waals surface area contributed by atoms with Crippen molar-refractivity contribution < 1.29 is 12.8 Å². The molecule has 0 saturated carbocycles. The zero-order valence-corrected chi connectivity index (χ0v) is 17.9. The van der Waals surface area contributed by atoms with Gasteiger partial charge in [0, 0.05) is 49.9 Å². The third-order valence-electron chi connectivity index (χ3n) is 5.35. The molecular weight excluding hydrogens is 427 g/mol. The lowest BCUT2D eigenvalue weighted by Gasteiger charge is -2.20. The van der Waals surface area contributed by atoms with E-state index >= 15 is 0 Å². The summed E-state index contributed by atoms with van der Waals surface area (Å²) in [4.78, 5) is 4.02. The SMILES string of the molecule is Cn1cnc(S(=O)(=O)N2C[C@H](NCc3ccc(Cl)cc3)[C@@H](c3ccc(F)cc3)C2)c1. The van der Waals surface area contributed by atoms with Gasteiger partial charge >= 0.3 is 0 Å². The number of benzene rings is 2. The first kappa shape index (κ1) is 21.0. The fraction of sp³-hybridized carbons (Fsp3) is 0.286. The Bertz CT molecular complexity index is 1120. The molecule has 2 heterocycles. The summed E-state index contributed by atoms with van der Waals surface area (Å²) >= 11 is 5.95. The number of halogens is 2. The van der Waals surface area contributed by atoms with Gasteiger partial charge in [-0.1, -0.05) is 35.9 Å². The summed E-state index contributed by atoms with van der Waals surface area (Å²) in [6.07, 6.45) is 2.97. The Hall–Kier alpha value is -2.26. The van der Waals surface area contributed by atoms with Crippen LogP contribution in [0.3, 0.4) is 0 Å². The fourth-order valence-corrected chi connectivity index (χ4v) is 5.31. The van der Waals surface area contributed by atoms with Gasteiger partial charge in [-0.3, -0.25) is 0 Å². The minimum Gasteiger partial charge on any atom is -0.339 e. The van der Waals surface area contributed by atoms with Crippen molar-refractivity contribution >= 4 is 21.6 Å². The second-order valence-electron chi connectivity index (χ2n) is 7.47. The van der Waals surface area contributed by atoms with E-state index in [1.54, 1.807) is 23.7 Å². The molecule has 1 N–H and O–H groups in total. The van der Waals surface area contributed by atoms with E-state index in [1.165, 1.54) is 29.0 Å². The molecule has 1 saturated heterocycles. The monoisotopic (exact) mass is 448 g/mol. The lowest BCUT2D eigenvalue weighted by molar-refractivity contribution is 0.454. The van der Waals surface area contributed by atoms with E-state index in [4.69, 9.17) is 11.6 Å². The number of hydrogen-bond donors (Lipinski definition) is 1. The Kier molecular flexibility index (Phi) is 5.92. The summed E-state index contributed by atoms with van der Waals surface area (Å²) in [5, 5.41) is 4.16. The Morgan fingerprint density at radius 2 is 1.83 bits per heavy atom. The lowest BCUT2D eigenvalue weighted by Crippen LogP contribution is -2.36. The van der Waals surface area contributed by atoms with E-state index in [9.17, 15) is 12.8 Å². The molecule has 1 fully saturated rings. The van der Waals surface area contributed by atoms with Crippen molar-refractivity contribution in [3.8, 4) is 0 Å². The van der Waals surface area contributed by atoms with Gasteiger partial charge in [0.2, 0.25) is 0 Å². The molecule has 0 radical (unpaired) electrons. The van der Waals surface area contributed by atoms with Crippen molar-refractivity contribution in [1.29, 1.82) is 0 Å². The van der Waals surface area contributed by atoms with Gasteiger partial charge in [-0.15, -0.1) is 0 Å². The molecule has 1 aliphatic heterocycles. The molecule has 0 aliphatic carbocycles. The highest BCUT2D eigenvalue weighted by atomic mass is 35.5. The highest BCUT2D eigenvalue weighted by molar-refractivity contribution is 7.89. The van der Waals surface area contributed by atoms with E-state index in [-0.39, 0.29) is 22.8 Å². The van der Waals surface area contributed by atoms with Gasteiger partial charge < -0.3 is 9.88 Å². The van der Waals surface area contributed by atoms with Crippen LogP contribution in [-0.4, -0.2) is 41.4 Å². The van der Waals surface area contributed by atoms with E-state index < -0.39 is 10.0 Å². The first-order chi connectivity index (χ1) is 14.3. The topological polar surface area (TPSA) is 67.2 Å². The third kappa shape index (κ3) is 4.41. The number of aryl methyl sites for hydroxylation is 1. The zero-order valence-electron chi connectivity index (χ0n) is 16.4. The predicted octanol–water partition coefficient (Wildman–Crippen LogP) is 3.16. The molecule has 3 aromatic rings. The number of hydrogen-bond acceptors (Lipinski definition) is 4. The van der Waals surface area contributed by atoms with E-state index in [2.05, 4.69) is 10.3 Å². The molecule has 30 heavy (non-hydrogen) atoms. The summed E-state index contributed by atoms with van der Waals surface area (Å²) in [5.74, 6) is -0.434. The summed E-state index contributed by atoms with van der Waals surface area (Å²) < 4.78 is 42.6. The quantitative estimate of drug-likeness (QED) is 0.629. The molecule has 1 aromatic heterocycles. The summed E-state index contributed by atoms with van der Waals surface area (Å²) in [5.41, 5.74) is 1.94. The second-order valence-corrected chi connectivity index (χ2v) is 9.79. The van der Waals surface area contributed by atoms with Gasteiger partial charge in [0.1, 0.15) is 5.82 Å². The molecule has 9 heteroatoms. The standard InChI is InChI=1S/C21H22ClFN4O2S/c1-26-13-21(25-14-26)30(28,29)27-11-19(16-4-8-18(23)9-5-16)20(12-27)24-10-15-2-6-17(22)7-3-15/h2-9,13-14,19-20,24H,10-12H2,1H3/t19-,20+/m1/s1. The average Bonchev–Trinajstić information content (AvgIpc) is 3.35. The number of imidazole rings is 1. The van der Waals surface area contributed by atoms with Crippen molar-refractivity contribution in [2.24, 2.45) is 7.05 Å². The number of aromatic nitrogens is 2. The fourth-order valence-electron chi connectivity index (χ4n) is 3.72. The number of nitrogens with one attached hydrogen (secondary N) is 1. The molecule has 2 aromatic carbocycles. The Balaban J connectivity index is 1.58. The maximum Gasteiger partial charge on any atom is 0.262 e. The van der Waals surface area contributed by atoms with E-state index in [1.807, 2.05) is 24.3 Å². The van der Waals surface area contributed by atoms with Gasteiger partial charge in [-0.05, 0) is 35.4 Å². The van der Waals surface area contributed by atoms with E-state index in [0.29, 0.717) is 24.7 Å². The minimum atomic E-state index is -3.72. The molecule has 0 spiro atoms. The van der Waals surface area contributed by atoms with Gasteiger partial charge in [0.25, 0.3) is 10.0 Å². The van der Waals surface area contributed by atoms with Crippen LogP contribution < -0.4 is 5.32 Å². The largest absolute Gasteiger partial charge is 0.339 e. The molecule has 2 atom stereocenters. The van der Waals surface area contributed by atoms with Crippen LogP contribution >= 0.6 is 11.6 Å². The molecule has 6 nitrogen and oxygen atoms in total. The van der Waals surface area contributed by atoms with E-state index in [0.717, 1.165) is 11.1 Å². The Labute approximate surface area is 180 Å². The van der Waals surface area contributed by atoms with Crippen LogP contribution in [0.25, 0.3) is 0 Å². The van der Waals surface area contributed by atoms with Crippen molar-refractivity contribution in [1.82, 2.24) is 19.2 Å². The molecule has 158 valence electrons. The molecule has 4 rings (SSSR count). The molecule has 0 amide bonds. The van der Waals surface area contributed by atoms with Crippen LogP contribution in [0.2, 0.25) is 5.02 Å². The molecule has 0 bridgehead atoms. The first-order valence-electron chi connectivity index (χ1n) is 9.54. The highest BCUT2D eigenvalue weighted by Gasteiger charge is 2.40. The predicted molar refractivity (Wildman–Crippen MR) is 113 cm³/mol. The Morgan fingerprint density at radius 1 is 1.13 bits per heavy atom. The Morgan fingerprint density at radius 3 is 2.47 bits per heavy atom. The van der Waals surface area contributed by atoms with Crippen molar-refractivity contribution in [2.45, 2.75) is 23.5 Å². The normalized spacial score (nSPS) is 20.0. The summed E-state index contributed by atoms with van der Waals surface area (Å²) in [7, 11) is -1.99. The zero-order chi connectivity index (χ0) is 21.3. The van der Waals surface area contributed by atoms with Crippen LogP contribution in [-0.2, 0) is 23.6 Å². The third-order valence-corrected chi connectivity index (χ3v) is 7.32. The molecule has 1 aliphatic rings. The van der Waals surface area contributed by atoms with Crippen molar-refractivity contribution in [2.75, 3.05) is 13.1 Å². The smallest absolute Gasteiger partial charge is 0.262 e. The number of nitrogens with zero attached hydrogens (tertiary/aromatic N) is 3.